The first kappa shape index (κ1) is 13.9. The largest absolute Gasteiger partial charge is 0.506 e. The van der Waals surface area contributed by atoms with Crippen molar-refractivity contribution in [1.82, 2.24) is 5.32 Å². The fourth-order valence-corrected chi connectivity index (χ4v) is 1.77. The van der Waals surface area contributed by atoms with Crippen LogP contribution in [0.2, 0.25) is 0 Å². The minimum atomic E-state index is -4.84. The topological polar surface area (TPSA) is 49.3 Å². The molecule has 0 unspecified atom stereocenters. The van der Waals surface area contributed by atoms with Gasteiger partial charge in [-0.15, -0.1) is 0 Å². The lowest BCUT2D eigenvalue weighted by molar-refractivity contribution is -0.146. The molecule has 0 saturated carbocycles. The van der Waals surface area contributed by atoms with Gasteiger partial charge >= 0.3 is 6.30 Å². The quantitative estimate of drug-likeness (QED) is 0.830. The van der Waals surface area contributed by atoms with E-state index in [0.29, 0.717) is 11.1 Å². The van der Waals surface area contributed by atoms with E-state index in [0.717, 1.165) is 11.4 Å². The first-order valence-electron chi connectivity index (χ1n) is 5.65. The van der Waals surface area contributed by atoms with Gasteiger partial charge in [0.1, 0.15) is 5.75 Å². The zero-order valence-corrected chi connectivity index (χ0v) is 10.1. The van der Waals surface area contributed by atoms with Crippen LogP contribution in [0.5, 0.6) is 5.75 Å². The second-order valence-corrected chi connectivity index (χ2v) is 4.02. The maximum absolute atomic E-state index is 12.1. The molecule has 6 heteroatoms. The zero-order valence-electron chi connectivity index (χ0n) is 10.1. The summed E-state index contributed by atoms with van der Waals surface area (Å²) in [5.74, 6) is -1.88. The summed E-state index contributed by atoms with van der Waals surface area (Å²) in [6.45, 7) is 0. The minimum absolute atomic E-state index is 0.292. The van der Waals surface area contributed by atoms with Gasteiger partial charge in [0, 0.05) is 5.56 Å². The van der Waals surface area contributed by atoms with E-state index in [4.69, 9.17) is 0 Å². The lowest BCUT2D eigenvalue weighted by Crippen LogP contribution is -2.37. The van der Waals surface area contributed by atoms with Gasteiger partial charge in [-0.2, -0.15) is 13.2 Å². The molecule has 1 amide bonds. The van der Waals surface area contributed by atoms with Crippen molar-refractivity contribution in [3.05, 3.63) is 54.1 Å². The maximum atomic E-state index is 12.1. The summed E-state index contributed by atoms with van der Waals surface area (Å²) in [6, 6.07) is 12.6. The van der Waals surface area contributed by atoms with Crippen molar-refractivity contribution in [2.75, 3.05) is 0 Å². The van der Waals surface area contributed by atoms with E-state index in [2.05, 4.69) is 0 Å². The Kier molecular flexibility index (Phi) is 3.65. The van der Waals surface area contributed by atoms with E-state index in [1.807, 2.05) is 0 Å². The smallest absolute Gasteiger partial charge is 0.484 e. The number of carbonyl (C=O) groups is 1. The molecule has 0 saturated heterocycles. The Hall–Kier alpha value is -2.50. The summed E-state index contributed by atoms with van der Waals surface area (Å²) in [5.41, 5.74) is 0.468. The number of halogens is 3. The highest BCUT2D eigenvalue weighted by atomic mass is 19.4. The lowest BCUT2D eigenvalue weighted by Gasteiger charge is -2.12. The van der Waals surface area contributed by atoms with Crippen molar-refractivity contribution < 1.29 is 23.1 Å². The van der Waals surface area contributed by atoms with Crippen LogP contribution in [0.15, 0.2) is 48.5 Å². The monoisotopic (exact) mass is 281 g/mol. The Labute approximate surface area is 112 Å². The van der Waals surface area contributed by atoms with Crippen LogP contribution in [0, 0.1) is 0 Å². The number of benzene rings is 2. The molecule has 0 radical (unpaired) electrons. The van der Waals surface area contributed by atoms with Gasteiger partial charge in [0.2, 0.25) is 0 Å². The van der Waals surface area contributed by atoms with E-state index in [9.17, 15) is 23.1 Å². The lowest BCUT2D eigenvalue weighted by atomic mass is 10.0. The Balaban J connectivity index is 2.41. The van der Waals surface area contributed by atoms with E-state index in [-0.39, 0.29) is 0 Å². The number of amides is 1. The fourth-order valence-electron chi connectivity index (χ4n) is 1.77. The normalized spacial score (nSPS) is 11.2. The number of nitrogens with one attached hydrogen (secondary N) is 1. The van der Waals surface area contributed by atoms with Gasteiger partial charge in [0.25, 0.3) is 5.91 Å². The molecule has 2 rings (SSSR count). The molecule has 0 spiro atoms. The number of aromatic hydroxyl groups is 1. The van der Waals surface area contributed by atoms with Crippen molar-refractivity contribution in [3.8, 4) is 16.9 Å². The van der Waals surface area contributed by atoms with Crippen molar-refractivity contribution in [2.24, 2.45) is 0 Å². The van der Waals surface area contributed by atoms with E-state index < -0.39 is 23.5 Å². The van der Waals surface area contributed by atoms with Gasteiger partial charge in [0.15, 0.2) is 0 Å². The number of rotatable bonds is 2. The number of alkyl halides is 3. The summed E-state index contributed by atoms with van der Waals surface area (Å²) >= 11 is 0. The summed E-state index contributed by atoms with van der Waals surface area (Å²) in [5, 5.41) is 10.8. The maximum Gasteiger partial charge on any atom is 0.484 e. The average Bonchev–Trinajstić information content (AvgIpc) is 2.38. The van der Waals surface area contributed by atoms with Crippen LogP contribution in [-0.4, -0.2) is 17.3 Å². The summed E-state index contributed by atoms with van der Waals surface area (Å²) in [4.78, 5) is 11.5. The highest BCUT2D eigenvalue weighted by Gasteiger charge is 2.31. The predicted molar refractivity (Wildman–Crippen MR) is 67.1 cm³/mol. The summed E-state index contributed by atoms with van der Waals surface area (Å²) in [7, 11) is 0. The Morgan fingerprint density at radius 1 is 1.00 bits per heavy atom. The van der Waals surface area contributed by atoms with Crippen molar-refractivity contribution in [3.63, 3.8) is 0 Å². The molecule has 104 valence electrons. The molecule has 2 aromatic rings. The average molecular weight is 281 g/mol. The third kappa shape index (κ3) is 3.09. The van der Waals surface area contributed by atoms with E-state index >= 15 is 0 Å². The van der Waals surface area contributed by atoms with Crippen LogP contribution in [0.1, 0.15) is 10.4 Å². The van der Waals surface area contributed by atoms with Gasteiger partial charge in [-0.3, -0.25) is 10.1 Å². The van der Waals surface area contributed by atoms with E-state index in [1.54, 1.807) is 30.3 Å². The Morgan fingerprint density at radius 3 is 2.25 bits per heavy atom. The second-order valence-electron chi connectivity index (χ2n) is 4.02. The second kappa shape index (κ2) is 5.24. The number of phenolic OH excluding ortho intramolecular Hbond substituents is 1. The van der Waals surface area contributed by atoms with E-state index in [1.165, 1.54) is 12.1 Å². The molecule has 0 fully saturated rings. The molecule has 0 atom stereocenters. The van der Waals surface area contributed by atoms with Crippen LogP contribution in [0.4, 0.5) is 13.2 Å². The molecular formula is C14H10F3NO2. The SMILES string of the molecule is O=C(NC(F)(F)F)c1cccc(-c2ccccc2)c1O. The molecule has 3 nitrogen and oxygen atoms in total. The fraction of sp³-hybridized carbons (Fsp3) is 0.0714. The van der Waals surface area contributed by atoms with Crippen LogP contribution in [0.3, 0.4) is 0 Å². The number of phenols is 1. The predicted octanol–water partition coefficient (Wildman–Crippen LogP) is 3.31. The van der Waals surface area contributed by atoms with Crippen LogP contribution >= 0.6 is 0 Å². The first-order valence-corrected chi connectivity index (χ1v) is 5.65. The van der Waals surface area contributed by atoms with Crippen molar-refractivity contribution in [1.29, 1.82) is 0 Å². The van der Waals surface area contributed by atoms with Gasteiger partial charge in [-0.25, -0.2) is 0 Å². The van der Waals surface area contributed by atoms with Gasteiger partial charge in [-0.1, -0.05) is 42.5 Å². The van der Waals surface area contributed by atoms with Gasteiger partial charge < -0.3 is 5.11 Å². The number of hydrogen-bond donors (Lipinski definition) is 2. The van der Waals surface area contributed by atoms with Crippen LogP contribution in [0.25, 0.3) is 11.1 Å². The molecule has 20 heavy (non-hydrogen) atoms. The van der Waals surface area contributed by atoms with Crippen molar-refractivity contribution >= 4 is 5.91 Å². The third-order valence-electron chi connectivity index (χ3n) is 2.62. The minimum Gasteiger partial charge on any atom is -0.506 e. The van der Waals surface area contributed by atoms with Crippen LogP contribution in [-0.2, 0) is 0 Å². The molecule has 2 aromatic carbocycles. The van der Waals surface area contributed by atoms with Gasteiger partial charge in [0.05, 0.1) is 5.56 Å². The Morgan fingerprint density at radius 2 is 1.65 bits per heavy atom. The molecule has 2 N–H and O–H groups in total. The highest BCUT2D eigenvalue weighted by molar-refractivity contribution is 5.99. The molecule has 0 aliphatic rings. The standard InChI is InChI=1S/C14H10F3NO2/c15-14(16,17)18-13(20)11-8-4-7-10(12(11)19)9-5-2-1-3-6-9/h1-8,19H,(H,18,20). The van der Waals surface area contributed by atoms with Crippen LogP contribution < -0.4 is 5.32 Å². The number of carbonyl (C=O) groups excluding carboxylic acids is 1. The number of hydrogen-bond acceptors (Lipinski definition) is 2. The first-order chi connectivity index (χ1) is 9.38. The molecule has 0 aromatic heterocycles. The molecular weight excluding hydrogens is 271 g/mol. The molecule has 0 aliphatic carbocycles. The highest BCUT2D eigenvalue weighted by Crippen LogP contribution is 2.32. The Bertz CT molecular complexity index is 624. The molecule has 0 aliphatic heterocycles. The number of para-hydroxylation sites is 1. The molecule has 0 bridgehead atoms. The summed E-state index contributed by atoms with van der Waals surface area (Å²) < 4.78 is 36.4. The van der Waals surface area contributed by atoms with Crippen molar-refractivity contribution in [2.45, 2.75) is 6.30 Å². The zero-order chi connectivity index (χ0) is 14.8. The van der Waals surface area contributed by atoms with Gasteiger partial charge in [-0.05, 0) is 11.6 Å². The molecule has 0 heterocycles. The summed E-state index contributed by atoms with van der Waals surface area (Å²) in [6.07, 6.45) is -4.84. The third-order valence-corrected chi connectivity index (χ3v) is 2.62.